The normalized spacial score (nSPS) is 30.2. The highest BCUT2D eigenvalue weighted by atomic mass is 14.3. The van der Waals surface area contributed by atoms with Gasteiger partial charge in [0.2, 0.25) is 0 Å². The van der Waals surface area contributed by atoms with Gasteiger partial charge in [0, 0.05) is 0 Å². The van der Waals surface area contributed by atoms with E-state index in [0.29, 0.717) is 5.92 Å². The first-order valence-electron chi connectivity index (χ1n) is 4.92. The van der Waals surface area contributed by atoms with Crippen LogP contribution in [0.15, 0.2) is 23.3 Å². The standard InChI is InChI=1S/C12H20/c1-8(2)12-7-6-9(3)10(4)11(12)5/h6-8,10-11H,1-5H3/t10?,11-/m0/s1. The Labute approximate surface area is 76.4 Å². The number of allylic oxidation sites excluding steroid dienone is 4. The molecule has 68 valence electrons. The molecule has 0 aromatic rings. The van der Waals surface area contributed by atoms with Crippen LogP contribution < -0.4 is 0 Å². The Bertz CT molecular complexity index is 218. The fourth-order valence-electron chi connectivity index (χ4n) is 1.93. The van der Waals surface area contributed by atoms with Crippen LogP contribution in [-0.2, 0) is 0 Å². The summed E-state index contributed by atoms with van der Waals surface area (Å²) in [7, 11) is 0. The van der Waals surface area contributed by atoms with E-state index in [9.17, 15) is 0 Å². The molecule has 0 N–H and O–H groups in total. The highest BCUT2D eigenvalue weighted by molar-refractivity contribution is 5.28. The van der Waals surface area contributed by atoms with E-state index in [1.807, 2.05) is 0 Å². The molecule has 0 aromatic carbocycles. The van der Waals surface area contributed by atoms with E-state index in [1.165, 1.54) is 5.57 Å². The molecule has 12 heavy (non-hydrogen) atoms. The molecule has 0 fully saturated rings. The SMILES string of the molecule is CC1=CC=C(C(C)C)[C@@H](C)C1C. The van der Waals surface area contributed by atoms with E-state index >= 15 is 0 Å². The van der Waals surface area contributed by atoms with Crippen molar-refractivity contribution in [1.29, 1.82) is 0 Å². The predicted octanol–water partition coefficient (Wildman–Crippen LogP) is 3.80. The van der Waals surface area contributed by atoms with Crippen LogP contribution in [0.4, 0.5) is 0 Å². The lowest BCUT2D eigenvalue weighted by Gasteiger charge is -2.29. The molecule has 1 aliphatic carbocycles. The first-order chi connectivity index (χ1) is 5.54. The molecule has 0 heterocycles. The number of hydrogen-bond donors (Lipinski definition) is 0. The summed E-state index contributed by atoms with van der Waals surface area (Å²) in [6, 6.07) is 0. The molecule has 0 aliphatic heterocycles. The Kier molecular flexibility index (Phi) is 2.76. The van der Waals surface area contributed by atoms with Gasteiger partial charge in [-0.3, -0.25) is 0 Å². The van der Waals surface area contributed by atoms with Gasteiger partial charge in [-0.25, -0.2) is 0 Å². The second-order valence-corrected chi connectivity index (χ2v) is 4.31. The Morgan fingerprint density at radius 1 is 1.08 bits per heavy atom. The van der Waals surface area contributed by atoms with Crippen LogP contribution in [0.2, 0.25) is 0 Å². The van der Waals surface area contributed by atoms with Crippen molar-refractivity contribution in [3.8, 4) is 0 Å². The maximum absolute atomic E-state index is 2.34. The first-order valence-corrected chi connectivity index (χ1v) is 4.92. The fourth-order valence-corrected chi connectivity index (χ4v) is 1.93. The summed E-state index contributed by atoms with van der Waals surface area (Å²) in [5.74, 6) is 2.16. The van der Waals surface area contributed by atoms with Gasteiger partial charge in [0.1, 0.15) is 0 Å². The molecule has 0 saturated heterocycles. The third-order valence-corrected chi connectivity index (χ3v) is 3.20. The molecular formula is C12H20. The minimum Gasteiger partial charge on any atom is -0.0699 e. The zero-order valence-corrected chi connectivity index (χ0v) is 8.89. The van der Waals surface area contributed by atoms with Gasteiger partial charge in [-0.05, 0) is 24.7 Å². The number of hydrogen-bond acceptors (Lipinski definition) is 0. The van der Waals surface area contributed by atoms with E-state index in [1.54, 1.807) is 5.57 Å². The lowest BCUT2D eigenvalue weighted by molar-refractivity contribution is 0.455. The summed E-state index contributed by atoms with van der Waals surface area (Å²) in [5.41, 5.74) is 3.13. The molecule has 2 atom stereocenters. The highest BCUT2D eigenvalue weighted by Gasteiger charge is 2.22. The van der Waals surface area contributed by atoms with Gasteiger partial charge in [-0.2, -0.15) is 0 Å². The van der Waals surface area contributed by atoms with Crippen molar-refractivity contribution in [2.45, 2.75) is 34.6 Å². The Balaban J connectivity index is 2.90. The van der Waals surface area contributed by atoms with E-state index in [0.717, 1.165) is 11.8 Å². The average Bonchev–Trinajstić information content (AvgIpc) is 2.00. The summed E-state index contributed by atoms with van der Waals surface area (Å²) in [5, 5.41) is 0. The highest BCUT2D eigenvalue weighted by Crippen LogP contribution is 2.33. The van der Waals surface area contributed by atoms with Crippen LogP contribution in [0.5, 0.6) is 0 Å². The van der Waals surface area contributed by atoms with E-state index in [2.05, 4.69) is 46.8 Å². The topological polar surface area (TPSA) is 0 Å². The van der Waals surface area contributed by atoms with Gasteiger partial charge in [0.25, 0.3) is 0 Å². The minimum atomic E-state index is 0.701. The van der Waals surface area contributed by atoms with E-state index in [4.69, 9.17) is 0 Å². The zero-order chi connectivity index (χ0) is 9.30. The van der Waals surface area contributed by atoms with Gasteiger partial charge >= 0.3 is 0 Å². The fraction of sp³-hybridized carbons (Fsp3) is 0.667. The Morgan fingerprint density at radius 2 is 1.67 bits per heavy atom. The molecule has 0 amide bonds. The van der Waals surface area contributed by atoms with Gasteiger partial charge < -0.3 is 0 Å². The summed E-state index contributed by atoms with van der Waals surface area (Å²) >= 11 is 0. The van der Waals surface area contributed by atoms with Crippen LogP contribution in [0, 0.1) is 17.8 Å². The predicted molar refractivity (Wildman–Crippen MR) is 55.0 cm³/mol. The molecule has 0 spiro atoms. The monoisotopic (exact) mass is 164 g/mol. The third-order valence-electron chi connectivity index (χ3n) is 3.20. The van der Waals surface area contributed by atoms with Gasteiger partial charge in [-0.1, -0.05) is 51.0 Å². The van der Waals surface area contributed by atoms with Crippen LogP contribution in [0.1, 0.15) is 34.6 Å². The van der Waals surface area contributed by atoms with Crippen molar-refractivity contribution in [1.82, 2.24) is 0 Å². The van der Waals surface area contributed by atoms with Gasteiger partial charge in [-0.15, -0.1) is 0 Å². The average molecular weight is 164 g/mol. The van der Waals surface area contributed by atoms with Crippen molar-refractivity contribution >= 4 is 0 Å². The summed E-state index contributed by atoms with van der Waals surface area (Å²) in [6.45, 7) is 11.5. The second-order valence-electron chi connectivity index (χ2n) is 4.31. The number of rotatable bonds is 1. The second kappa shape index (κ2) is 3.47. The van der Waals surface area contributed by atoms with Crippen molar-refractivity contribution in [3.05, 3.63) is 23.3 Å². The van der Waals surface area contributed by atoms with Crippen molar-refractivity contribution in [3.63, 3.8) is 0 Å². The molecule has 1 rings (SSSR count). The van der Waals surface area contributed by atoms with Crippen molar-refractivity contribution in [2.75, 3.05) is 0 Å². The lowest BCUT2D eigenvalue weighted by atomic mass is 9.76. The van der Waals surface area contributed by atoms with Gasteiger partial charge in [0.05, 0.1) is 0 Å². The molecular weight excluding hydrogens is 144 g/mol. The molecule has 0 aromatic heterocycles. The molecule has 0 bridgehead atoms. The van der Waals surface area contributed by atoms with Crippen LogP contribution in [0.3, 0.4) is 0 Å². The zero-order valence-electron chi connectivity index (χ0n) is 8.89. The molecule has 0 saturated carbocycles. The Morgan fingerprint density at radius 3 is 2.17 bits per heavy atom. The van der Waals surface area contributed by atoms with Crippen molar-refractivity contribution in [2.24, 2.45) is 17.8 Å². The maximum Gasteiger partial charge on any atom is -0.0163 e. The molecule has 0 radical (unpaired) electrons. The summed E-state index contributed by atoms with van der Waals surface area (Å²) < 4.78 is 0. The van der Waals surface area contributed by atoms with E-state index < -0.39 is 0 Å². The summed E-state index contributed by atoms with van der Waals surface area (Å²) in [6.07, 6.45) is 4.59. The quantitative estimate of drug-likeness (QED) is 0.553. The largest absolute Gasteiger partial charge is 0.0699 e. The Hall–Kier alpha value is -0.520. The lowest BCUT2D eigenvalue weighted by Crippen LogP contribution is -2.18. The smallest absolute Gasteiger partial charge is 0.0163 e. The van der Waals surface area contributed by atoms with E-state index in [-0.39, 0.29) is 0 Å². The first kappa shape index (κ1) is 9.57. The molecule has 1 unspecified atom stereocenters. The molecule has 1 aliphatic rings. The minimum absolute atomic E-state index is 0.701. The molecule has 0 nitrogen and oxygen atoms in total. The van der Waals surface area contributed by atoms with Crippen molar-refractivity contribution < 1.29 is 0 Å². The van der Waals surface area contributed by atoms with Gasteiger partial charge in [0.15, 0.2) is 0 Å². The van der Waals surface area contributed by atoms with Crippen LogP contribution >= 0.6 is 0 Å². The summed E-state index contributed by atoms with van der Waals surface area (Å²) in [4.78, 5) is 0. The maximum atomic E-state index is 2.34. The molecule has 0 heteroatoms. The van der Waals surface area contributed by atoms with Crippen LogP contribution in [-0.4, -0.2) is 0 Å². The van der Waals surface area contributed by atoms with Crippen LogP contribution in [0.25, 0.3) is 0 Å². The third kappa shape index (κ3) is 1.63.